The van der Waals surface area contributed by atoms with Crippen molar-refractivity contribution < 1.29 is 0 Å². The summed E-state index contributed by atoms with van der Waals surface area (Å²) in [5, 5.41) is 11.4. The van der Waals surface area contributed by atoms with E-state index in [4.69, 9.17) is 0 Å². The van der Waals surface area contributed by atoms with Crippen LogP contribution in [0, 0.1) is 6.92 Å². The summed E-state index contributed by atoms with van der Waals surface area (Å²) in [5.74, 6) is 0. The van der Waals surface area contributed by atoms with Gasteiger partial charge in [-0.2, -0.15) is 10.2 Å². The fraction of sp³-hybridized carbons (Fsp3) is 0.333. The zero-order chi connectivity index (χ0) is 12.8. The molecule has 0 fully saturated rings. The third kappa shape index (κ3) is 3.14. The Bertz CT molecular complexity index is 482. The smallest absolute Gasteiger partial charge is 0.0593 e. The van der Waals surface area contributed by atoms with Crippen molar-refractivity contribution in [3.63, 3.8) is 0 Å². The largest absolute Gasteiger partial charge is 0.306 e. The first kappa shape index (κ1) is 12.7. The predicted octanol–water partition coefficient (Wildman–Crippen LogP) is 2.87. The van der Waals surface area contributed by atoms with E-state index in [9.17, 15) is 0 Å². The number of hydrogen-bond acceptors (Lipinski definition) is 3. The summed E-state index contributed by atoms with van der Waals surface area (Å²) in [6.45, 7) is 5.28. The van der Waals surface area contributed by atoms with Crippen LogP contribution >= 0.6 is 0 Å². The van der Waals surface area contributed by atoms with Crippen molar-refractivity contribution in [3.8, 4) is 0 Å². The molecule has 18 heavy (non-hydrogen) atoms. The maximum Gasteiger partial charge on any atom is 0.0593 e. The summed E-state index contributed by atoms with van der Waals surface area (Å²) in [5.41, 5.74) is 3.71. The lowest BCUT2D eigenvalue weighted by Crippen LogP contribution is -2.23. The van der Waals surface area contributed by atoms with Gasteiger partial charge in [-0.3, -0.25) is 0 Å². The molecule has 1 aromatic carbocycles. The molecule has 1 aromatic heterocycles. The molecule has 2 aromatic rings. The van der Waals surface area contributed by atoms with Crippen LogP contribution < -0.4 is 5.32 Å². The van der Waals surface area contributed by atoms with Gasteiger partial charge in [-0.15, -0.1) is 0 Å². The van der Waals surface area contributed by atoms with Crippen LogP contribution in [0.5, 0.6) is 0 Å². The van der Waals surface area contributed by atoms with Crippen LogP contribution in [0.25, 0.3) is 0 Å². The summed E-state index contributed by atoms with van der Waals surface area (Å²) in [6.07, 6.45) is 4.68. The highest BCUT2D eigenvalue weighted by Gasteiger charge is 2.13. The Kier molecular flexibility index (Phi) is 4.42. The third-order valence-electron chi connectivity index (χ3n) is 2.91. The van der Waals surface area contributed by atoms with Crippen LogP contribution in [-0.4, -0.2) is 16.7 Å². The molecule has 94 valence electrons. The van der Waals surface area contributed by atoms with E-state index in [0.717, 1.165) is 18.5 Å². The van der Waals surface area contributed by atoms with Gasteiger partial charge in [0.2, 0.25) is 0 Å². The van der Waals surface area contributed by atoms with E-state index in [2.05, 4.69) is 53.6 Å². The second kappa shape index (κ2) is 6.26. The molecule has 2 rings (SSSR count). The minimum Gasteiger partial charge on any atom is -0.306 e. The number of aromatic nitrogens is 2. The zero-order valence-corrected chi connectivity index (χ0v) is 10.9. The van der Waals surface area contributed by atoms with Gasteiger partial charge in [-0.25, -0.2) is 0 Å². The second-order valence-electron chi connectivity index (χ2n) is 4.48. The predicted molar refractivity (Wildman–Crippen MR) is 73.3 cm³/mol. The first-order valence-electron chi connectivity index (χ1n) is 6.38. The van der Waals surface area contributed by atoms with Gasteiger partial charge in [0, 0.05) is 6.20 Å². The topological polar surface area (TPSA) is 37.8 Å². The lowest BCUT2D eigenvalue weighted by atomic mass is 9.99. The highest BCUT2D eigenvalue weighted by Crippen LogP contribution is 2.21. The van der Waals surface area contributed by atoms with Crippen molar-refractivity contribution in [2.24, 2.45) is 0 Å². The summed E-state index contributed by atoms with van der Waals surface area (Å²) in [6, 6.07) is 10.8. The Hall–Kier alpha value is -1.74. The van der Waals surface area contributed by atoms with Crippen molar-refractivity contribution in [2.75, 3.05) is 6.54 Å². The average Bonchev–Trinajstić information content (AvgIpc) is 2.40. The minimum absolute atomic E-state index is 0.195. The molecule has 0 aliphatic carbocycles. The van der Waals surface area contributed by atoms with E-state index in [0.29, 0.717) is 0 Å². The maximum absolute atomic E-state index is 3.97. The Morgan fingerprint density at radius 3 is 2.72 bits per heavy atom. The van der Waals surface area contributed by atoms with Gasteiger partial charge in [0.25, 0.3) is 0 Å². The molecule has 0 amide bonds. The first-order valence-corrected chi connectivity index (χ1v) is 6.38. The Morgan fingerprint density at radius 2 is 2.06 bits per heavy atom. The molecule has 0 spiro atoms. The lowest BCUT2D eigenvalue weighted by Gasteiger charge is -2.19. The van der Waals surface area contributed by atoms with E-state index in [1.165, 1.54) is 11.1 Å². The standard InChI is InChI=1S/C15H19N3/c1-3-8-16-15(14-7-9-17-18-11-14)13-6-4-5-12(2)10-13/h4-7,9-11,15-16H,3,8H2,1-2H3. The SMILES string of the molecule is CCCNC(c1ccnnc1)c1cccc(C)c1. The number of benzene rings is 1. The van der Waals surface area contributed by atoms with Crippen LogP contribution in [-0.2, 0) is 0 Å². The normalized spacial score (nSPS) is 12.3. The van der Waals surface area contributed by atoms with Crippen LogP contribution in [0.1, 0.15) is 36.1 Å². The lowest BCUT2D eigenvalue weighted by molar-refractivity contribution is 0.595. The number of rotatable bonds is 5. The van der Waals surface area contributed by atoms with Crippen LogP contribution in [0.3, 0.4) is 0 Å². The number of nitrogens with one attached hydrogen (secondary N) is 1. The van der Waals surface area contributed by atoms with Crippen molar-refractivity contribution in [1.29, 1.82) is 0 Å². The summed E-state index contributed by atoms with van der Waals surface area (Å²) < 4.78 is 0. The Morgan fingerprint density at radius 1 is 1.17 bits per heavy atom. The van der Waals surface area contributed by atoms with Crippen LogP contribution in [0.15, 0.2) is 42.7 Å². The van der Waals surface area contributed by atoms with Gasteiger partial charge in [0.05, 0.1) is 12.2 Å². The number of nitrogens with zero attached hydrogens (tertiary/aromatic N) is 2. The van der Waals surface area contributed by atoms with Gasteiger partial charge in [0.1, 0.15) is 0 Å². The fourth-order valence-electron chi connectivity index (χ4n) is 2.04. The molecule has 1 unspecified atom stereocenters. The van der Waals surface area contributed by atoms with Gasteiger partial charge in [-0.1, -0.05) is 36.8 Å². The summed E-state index contributed by atoms with van der Waals surface area (Å²) in [4.78, 5) is 0. The third-order valence-corrected chi connectivity index (χ3v) is 2.91. The van der Waals surface area contributed by atoms with Gasteiger partial charge in [0.15, 0.2) is 0 Å². The second-order valence-corrected chi connectivity index (χ2v) is 4.48. The first-order chi connectivity index (χ1) is 8.81. The zero-order valence-electron chi connectivity index (χ0n) is 10.9. The van der Waals surface area contributed by atoms with E-state index in [-0.39, 0.29) is 6.04 Å². The van der Waals surface area contributed by atoms with Crippen molar-refractivity contribution in [3.05, 3.63) is 59.4 Å². The molecular weight excluding hydrogens is 222 g/mol. The molecule has 1 N–H and O–H groups in total. The highest BCUT2D eigenvalue weighted by atomic mass is 15.1. The van der Waals surface area contributed by atoms with Crippen molar-refractivity contribution in [2.45, 2.75) is 26.3 Å². The molecular formula is C15H19N3. The van der Waals surface area contributed by atoms with Gasteiger partial charge in [-0.05, 0) is 37.1 Å². The monoisotopic (exact) mass is 241 g/mol. The van der Waals surface area contributed by atoms with E-state index in [1.54, 1.807) is 6.20 Å². The molecule has 0 bridgehead atoms. The summed E-state index contributed by atoms with van der Waals surface area (Å²) >= 11 is 0. The highest BCUT2D eigenvalue weighted by molar-refractivity contribution is 5.32. The quantitative estimate of drug-likeness (QED) is 0.874. The molecule has 3 nitrogen and oxygen atoms in total. The Balaban J connectivity index is 2.31. The molecule has 0 aliphatic rings. The molecule has 1 heterocycles. The summed E-state index contributed by atoms with van der Waals surface area (Å²) in [7, 11) is 0. The molecule has 0 radical (unpaired) electrons. The van der Waals surface area contributed by atoms with E-state index in [1.807, 2.05) is 12.3 Å². The molecule has 0 saturated carbocycles. The minimum atomic E-state index is 0.195. The number of hydrogen-bond donors (Lipinski definition) is 1. The maximum atomic E-state index is 3.97. The van der Waals surface area contributed by atoms with Gasteiger partial charge < -0.3 is 5.32 Å². The van der Waals surface area contributed by atoms with Crippen LogP contribution in [0.2, 0.25) is 0 Å². The van der Waals surface area contributed by atoms with E-state index >= 15 is 0 Å². The molecule has 0 aliphatic heterocycles. The van der Waals surface area contributed by atoms with Gasteiger partial charge >= 0.3 is 0 Å². The van der Waals surface area contributed by atoms with E-state index < -0.39 is 0 Å². The average molecular weight is 241 g/mol. The molecule has 0 saturated heterocycles. The van der Waals surface area contributed by atoms with Crippen LogP contribution in [0.4, 0.5) is 0 Å². The fourth-order valence-corrected chi connectivity index (χ4v) is 2.04. The van der Waals surface area contributed by atoms with Crippen molar-refractivity contribution >= 4 is 0 Å². The Labute approximate surface area is 108 Å². The number of aryl methyl sites for hydroxylation is 1. The molecule has 1 atom stereocenters. The molecule has 3 heteroatoms. The van der Waals surface area contributed by atoms with Crippen molar-refractivity contribution in [1.82, 2.24) is 15.5 Å².